The third kappa shape index (κ3) is 2.44. The third-order valence-corrected chi connectivity index (χ3v) is 2.81. The normalized spacial score (nSPS) is 11.8. The Hall–Kier alpha value is -2.05. The fourth-order valence-electron chi connectivity index (χ4n) is 1.58. The molecule has 1 heterocycles. The largest absolute Gasteiger partial charge is 0.337 e. The molecule has 2 aromatic rings. The summed E-state index contributed by atoms with van der Waals surface area (Å²) in [6, 6.07) is 8.84. The molecular formula is C14H11ClN2O. The zero-order valence-electron chi connectivity index (χ0n) is 9.77. The van der Waals surface area contributed by atoms with Crippen molar-refractivity contribution in [1.82, 2.24) is 10.3 Å². The molecule has 4 heteroatoms. The van der Waals surface area contributed by atoms with Crippen molar-refractivity contribution >= 4 is 28.3 Å². The lowest BCUT2D eigenvalue weighted by Gasteiger charge is -2.08. The summed E-state index contributed by atoms with van der Waals surface area (Å²) in [7, 11) is 0. The van der Waals surface area contributed by atoms with E-state index in [2.05, 4.69) is 16.2 Å². The lowest BCUT2D eigenvalue weighted by atomic mass is 10.1. The molecule has 0 aliphatic rings. The highest BCUT2D eigenvalue weighted by Crippen LogP contribution is 2.22. The zero-order valence-corrected chi connectivity index (χ0v) is 10.5. The monoisotopic (exact) mass is 258 g/mol. The first-order valence-electron chi connectivity index (χ1n) is 5.44. The molecule has 1 atom stereocenters. The zero-order chi connectivity index (χ0) is 13.1. The highest BCUT2D eigenvalue weighted by Gasteiger charge is 2.12. The van der Waals surface area contributed by atoms with E-state index >= 15 is 0 Å². The molecule has 0 aliphatic carbocycles. The smallest absolute Gasteiger partial charge is 0.270 e. The number of terminal acetylenes is 1. The van der Waals surface area contributed by atoms with Crippen LogP contribution in [0.15, 0.2) is 30.3 Å². The molecule has 1 amide bonds. The molecule has 0 spiro atoms. The molecule has 1 aromatic heterocycles. The quantitative estimate of drug-likeness (QED) is 0.665. The van der Waals surface area contributed by atoms with Crippen LogP contribution < -0.4 is 5.32 Å². The van der Waals surface area contributed by atoms with Gasteiger partial charge in [0, 0.05) is 5.39 Å². The van der Waals surface area contributed by atoms with E-state index in [4.69, 9.17) is 18.0 Å². The van der Waals surface area contributed by atoms with Gasteiger partial charge in [0.2, 0.25) is 0 Å². The van der Waals surface area contributed by atoms with E-state index in [0.29, 0.717) is 5.15 Å². The van der Waals surface area contributed by atoms with Crippen molar-refractivity contribution in [2.24, 2.45) is 0 Å². The average molecular weight is 259 g/mol. The third-order valence-electron chi connectivity index (χ3n) is 2.52. The number of nitrogens with zero attached hydrogens (tertiary/aromatic N) is 1. The molecule has 0 fully saturated rings. The number of hydrogen-bond donors (Lipinski definition) is 1. The second-order valence-electron chi connectivity index (χ2n) is 3.88. The van der Waals surface area contributed by atoms with E-state index in [9.17, 15) is 4.79 Å². The second kappa shape index (κ2) is 5.07. The number of nitrogens with one attached hydrogen (secondary N) is 1. The summed E-state index contributed by atoms with van der Waals surface area (Å²) in [5.74, 6) is 2.10. The summed E-state index contributed by atoms with van der Waals surface area (Å²) in [5, 5.41) is 4.64. The van der Waals surface area contributed by atoms with E-state index in [-0.39, 0.29) is 17.6 Å². The van der Waals surface area contributed by atoms with Gasteiger partial charge < -0.3 is 5.32 Å². The molecule has 0 bridgehead atoms. The van der Waals surface area contributed by atoms with Gasteiger partial charge in [-0.05, 0) is 18.4 Å². The minimum Gasteiger partial charge on any atom is -0.337 e. The van der Waals surface area contributed by atoms with Crippen LogP contribution >= 0.6 is 11.6 Å². The van der Waals surface area contributed by atoms with Gasteiger partial charge in [-0.3, -0.25) is 4.79 Å². The standard InChI is InChI=1S/C14H11ClN2O/c1-3-9(2)16-14(18)12-8-10-6-4-5-7-11(10)13(15)17-12/h1,4-9H,2H3,(H,16,18). The van der Waals surface area contributed by atoms with Gasteiger partial charge >= 0.3 is 0 Å². The summed E-state index contributed by atoms with van der Waals surface area (Å²) in [5.41, 5.74) is 0.265. The Bertz CT molecular complexity index is 646. The number of fused-ring (bicyclic) bond motifs is 1. The second-order valence-corrected chi connectivity index (χ2v) is 4.24. The van der Waals surface area contributed by atoms with Crippen molar-refractivity contribution in [3.63, 3.8) is 0 Å². The van der Waals surface area contributed by atoms with Crippen molar-refractivity contribution in [3.05, 3.63) is 41.2 Å². The van der Waals surface area contributed by atoms with Crippen LogP contribution in [0.4, 0.5) is 0 Å². The molecule has 0 saturated carbocycles. The number of hydrogen-bond acceptors (Lipinski definition) is 2. The first-order valence-corrected chi connectivity index (χ1v) is 5.82. The van der Waals surface area contributed by atoms with Crippen molar-refractivity contribution < 1.29 is 4.79 Å². The summed E-state index contributed by atoms with van der Waals surface area (Å²) >= 11 is 6.05. The molecule has 0 saturated heterocycles. The topological polar surface area (TPSA) is 42.0 Å². The lowest BCUT2D eigenvalue weighted by Crippen LogP contribution is -2.31. The molecule has 1 unspecified atom stereocenters. The number of pyridine rings is 1. The molecule has 3 nitrogen and oxygen atoms in total. The maximum absolute atomic E-state index is 11.9. The molecule has 18 heavy (non-hydrogen) atoms. The van der Waals surface area contributed by atoms with Gasteiger partial charge in [-0.1, -0.05) is 41.8 Å². The van der Waals surface area contributed by atoms with Crippen LogP contribution in [0.25, 0.3) is 10.8 Å². The Morgan fingerprint density at radius 3 is 2.94 bits per heavy atom. The molecule has 90 valence electrons. The first kappa shape index (κ1) is 12.4. The minimum absolute atomic E-state index is 0.265. The lowest BCUT2D eigenvalue weighted by molar-refractivity contribution is 0.0943. The van der Waals surface area contributed by atoms with Crippen molar-refractivity contribution in [3.8, 4) is 12.3 Å². The number of amides is 1. The SMILES string of the molecule is C#CC(C)NC(=O)c1cc2ccccc2c(Cl)n1. The number of carbonyl (C=O) groups is 1. The molecule has 0 aliphatic heterocycles. The highest BCUT2D eigenvalue weighted by molar-refractivity contribution is 6.34. The highest BCUT2D eigenvalue weighted by atomic mass is 35.5. The molecule has 1 N–H and O–H groups in total. The van der Waals surface area contributed by atoms with E-state index in [1.54, 1.807) is 13.0 Å². The van der Waals surface area contributed by atoms with E-state index in [0.717, 1.165) is 10.8 Å². The predicted octanol–water partition coefficient (Wildman–Crippen LogP) is 2.64. The predicted molar refractivity (Wildman–Crippen MR) is 72.5 cm³/mol. The Labute approximate surface area is 110 Å². The van der Waals surface area contributed by atoms with Gasteiger partial charge in [0.15, 0.2) is 0 Å². The van der Waals surface area contributed by atoms with Crippen LogP contribution in [0.5, 0.6) is 0 Å². The van der Waals surface area contributed by atoms with Crippen molar-refractivity contribution in [2.75, 3.05) is 0 Å². The summed E-state index contributed by atoms with van der Waals surface area (Å²) < 4.78 is 0. The van der Waals surface area contributed by atoms with E-state index in [1.807, 2.05) is 24.3 Å². The number of rotatable bonds is 2. The van der Waals surface area contributed by atoms with Crippen LogP contribution in [-0.4, -0.2) is 16.9 Å². The van der Waals surface area contributed by atoms with Crippen LogP contribution in [0.2, 0.25) is 5.15 Å². The molecular weight excluding hydrogens is 248 g/mol. The number of benzene rings is 1. The number of carbonyl (C=O) groups excluding carboxylic acids is 1. The Kier molecular flexibility index (Phi) is 3.50. The Balaban J connectivity index is 2.41. The Morgan fingerprint density at radius 2 is 2.22 bits per heavy atom. The maximum Gasteiger partial charge on any atom is 0.270 e. The van der Waals surface area contributed by atoms with E-state index < -0.39 is 0 Å². The van der Waals surface area contributed by atoms with Crippen molar-refractivity contribution in [1.29, 1.82) is 0 Å². The van der Waals surface area contributed by atoms with Crippen LogP contribution in [0, 0.1) is 12.3 Å². The Morgan fingerprint density at radius 1 is 1.50 bits per heavy atom. The number of aromatic nitrogens is 1. The van der Waals surface area contributed by atoms with E-state index in [1.165, 1.54) is 0 Å². The van der Waals surface area contributed by atoms with Crippen LogP contribution in [-0.2, 0) is 0 Å². The molecule has 0 radical (unpaired) electrons. The van der Waals surface area contributed by atoms with Gasteiger partial charge in [0.05, 0.1) is 6.04 Å². The summed E-state index contributed by atoms with van der Waals surface area (Å²) in [4.78, 5) is 16.0. The first-order chi connectivity index (χ1) is 8.61. The van der Waals surface area contributed by atoms with Crippen LogP contribution in [0.1, 0.15) is 17.4 Å². The average Bonchev–Trinajstić information content (AvgIpc) is 2.38. The minimum atomic E-state index is -0.343. The van der Waals surface area contributed by atoms with Gasteiger partial charge in [-0.15, -0.1) is 6.42 Å². The van der Waals surface area contributed by atoms with Gasteiger partial charge in [-0.2, -0.15) is 0 Å². The van der Waals surface area contributed by atoms with Gasteiger partial charge in [0.1, 0.15) is 10.8 Å². The fraction of sp³-hybridized carbons (Fsp3) is 0.143. The summed E-state index contributed by atoms with van der Waals surface area (Å²) in [6.07, 6.45) is 5.21. The number of halogens is 1. The van der Waals surface area contributed by atoms with Gasteiger partial charge in [-0.25, -0.2) is 4.98 Å². The van der Waals surface area contributed by atoms with Crippen molar-refractivity contribution in [2.45, 2.75) is 13.0 Å². The molecule has 2 rings (SSSR count). The maximum atomic E-state index is 11.9. The molecule has 1 aromatic carbocycles. The fourth-order valence-corrected chi connectivity index (χ4v) is 1.85. The van der Waals surface area contributed by atoms with Gasteiger partial charge in [0.25, 0.3) is 5.91 Å². The van der Waals surface area contributed by atoms with Crippen LogP contribution in [0.3, 0.4) is 0 Å². The summed E-state index contributed by atoms with van der Waals surface area (Å²) in [6.45, 7) is 1.72.